The average Bonchev–Trinajstić information content (AvgIpc) is 2.97. The molecule has 3 rings (SSSR count). The quantitative estimate of drug-likeness (QED) is 0.640. The number of rotatable bonds is 4. The van der Waals surface area contributed by atoms with Gasteiger partial charge >= 0.3 is 0 Å². The first kappa shape index (κ1) is 16.4. The van der Waals surface area contributed by atoms with Gasteiger partial charge in [-0.25, -0.2) is 4.68 Å². The van der Waals surface area contributed by atoms with Crippen molar-refractivity contribution in [1.29, 1.82) is 0 Å². The van der Waals surface area contributed by atoms with Gasteiger partial charge in [-0.15, -0.1) is 17.9 Å². The first-order valence-corrected chi connectivity index (χ1v) is 9.60. The molecule has 1 heterocycles. The third kappa shape index (κ3) is 3.90. The van der Waals surface area contributed by atoms with Crippen molar-refractivity contribution in [2.24, 2.45) is 10.1 Å². The van der Waals surface area contributed by atoms with Crippen LogP contribution in [0, 0.1) is 0 Å². The van der Waals surface area contributed by atoms with Crippen LogP contribution in [-0.4, -0.2) is 16.9 Å². The molecule has 1 aliphatic rings. The highest BCUT2D eigenvalue weighted by atomic mass is 79.9. The van der Waals surface area contributed by atoms with E-state index in [1.54, 1.807) is 11.3 Å². The summed E-state index contributed by atoms with van der Waals surface area (Å²) in [6.07, 6.45) is 7.81. The van der Waals surface area contributed by atoms with Crippen molar-refractivity contribution in [2.75, 3.05) is 6.54 Å². The van der Waals surface area contributed by atoms with Gasteiger partial charge in [0.2, 0.25) is 4.80 Å². The summed E-state index contributed by atoms with van der Waals surface area (Å²) in [7, 11) is 0. The van der Waals surface area contributed by atoms with Gasteiger partial charge in [-0.05, 0) is 31.7 Å². The molecule has 0 radical (unpaired) electrons. The Balaban J connectivity index is 2.11. The molecule has 1 aromatic carbocycles. The van der Waals surface area contributed by atoms with Gasteiger partial charge in [-0.3, -0.25) is 4.99 Å². The Morgan fingerprint density at radius 2 is 2.00 bits per heavy atom. The van der Waals surface area contributed by atoms with Crippen LogP contribution in [-0.2, 0) is 0 Å². The van der Waals surface area contributed by atoms with Crippen LogP contribution in [0.4, 0.5) is 0 Å². The summed E-state index contributed by atoms with van der Waals surface area (Å²) in [5, 5.41) is 7.08. The summed E-state index contributed by atoms with van der Waals surface area (Å²) in [6, 6.07) is 8.25. The van der Waals surface area contributed by atoms with E-state index in [9.17, 15) is 0 Å². The largest absolute Gasteiger partial charge is 0.253 e. The third-order valence-electron chi connectivity index (χ3n) is 3.86. The molecule has 0 saturated heterocycles. The van der Waals surface area contributed by atoms with Crippen molar-refractivity contribution >= 4 is 33.0 Å². The van der Waals surface area contributed by atoms with Crippen LogP contribution in [0.25, 0.3) is 11.3 Å². The molecule has 1 aromatic heterocycles. The zero-order valence-corrected chi connectivity index (χ0v) is 15.4. The molecule has 0 unspecified atom stereocenters. The van der Waals surface area contributed by atoms with Crippen molar-refractivity contribution in [2.45, 2.75) is 32.1 Å². The van der Waals surface area contributed by atoms with E-state index in [4.69, 9.17) is 5.10 Å². The van der Waals surface area contributed by atoms with Gasteiger partial charge in [0.1, 0.15) is 0 Å². The predicted octanol–water partition coefficient (Wildman–Crippen LogP) is 5.23. The Bertz CT molecular complexity index is 778. The molecular formula is C18H20BrN3S. The fraction of sp³-hybridized carbons (Fsp3) is 0.333. The summed E-state index contributed by atoms with van der Waals surface area (Å²) in [5.41, 5.74) is 3.51. The lowest BCUT2D eigenvalue weighted by Gasteiger charge is -2.13. The number of benzene rings is 1. The summed E-state index contributed by atoms with van der Waals surface area (Å²) in [5.74, 6) is 0. The van der Waals surface area contributed by atoms with E-state index in [0.29, 0.717) is 6.54 Å². The monoisotopic (exact) mass is 389 g/mol. The highest BCUT2D eigenvalue weighted by Crippen LogP contribution is 2.28. The molecule has 0 bridgehead atoms. The number of hydrogen-bond donors (Lipinski definition) is 0. The first-order chi connectivity index (χ1) is 11.3. The number of nitrogens with zero attached hydrogens (tertiary/aromatic N) is 3. The van der Waals surface area contributed by atoms with Crippen molar-refractivity contribution in [3.63, 3.8) is 0 Å². The van der Waals surface area contributed by atoms with Crippen LogP contribution >= 0.6 is 27.3 Å². The Labute approximate surface area is 149 Å². The zero-order valence-electron chi connectivity index (χ0n) is 13.0. The van der Waals surface area contributed by atoms with E-state index in [0.717, 1.165) is 33.4 Å². The van der Waals surface area contributed by atoms with Crippen LogP contribution in [0.2, 0.25) is 0 Å². The van der Waals surface area contributed by atoms with Crippen LogP contribution < -0.4 is 4.80 Å². The summed E-state index contributed by atoms with van der Waals surface area (Å²) >= 11 is 5.28. The van der Waals surface area contributed by atoms with Gasteiger partial charge < -0.3 is 0 Å². The zero-order chi connectivity index (χ0) is 16.1. The van der Waals surface area contributed by atoms with Gasteiger partial charge in [-0.1, -0.05) is 46.6 Å². The molecule has 2 aromatic rings. The fourth-order valence-corrected chi connectivity index (χ4v) is 4.02. The smallest absolute Gasteiger partial charge is 0.206 e. The molecule has 5 heteroatoms. The molecule has 0 amide bonds. The highest BCUT2D eigenvalue weighted by molar-refractivity contribution is 9.10. The van der Waals surface area contributed by atoms with Crippen LogP contribution in [0.15, 0.2) is 56.9 Å². The van der Waals surface area contributed by atoms with Gasteiger partial charge in [0, 0.05) is 21.1 Å². The number of halogens is 1. The van der Waals surface area contributed by atoms with Gasteiger partial charge in [0.25, 0.3) is 0 Å². The summed E-state index contributed by atoms with van der Waals surface area (Å²) in [6.45, 7) is 4.37. The second-order valence-electron chi connectivity index (χ2n) is 5.55. The Kier molecular flexibility index (Phi) is 5.62. The Hall–Kier alpha value is -1.46. The topological polar surface area (TPSA) is 29.6 Å². The number of thiazole rings is 1. The molecule has 3 nitrogen and oxygen atoms in total. The first-order valence-electron chi connectivity index (χ1n) is 7.93. The summed E-state index contributed by atoms with van der Waals surface area (Å²) < 4.78 is 3.08. The molecule has 0 atom stereocenters. The average molecular weight is 390 g/mol. The molecule has 120 valence electrons. The minimum atomic E-state index is 0.612. The van der Waals surface area contributed by atoms with Crippen LogP contribution in [0.1, 0.15) is 32.1 Å². The van der Waals surface area contributed by atoms with Gasteiger partial charge in [0.15, 0.2) is 0 Å². The third-order valence-corrected chi connectivity index (χ3v) is 5.41. The standard InChI is InChI=1S/C18H20BrN3S/c1-2-12-20-18-22(21-14-8-4-3-5-9-14)17(13-23-18)15-10-6-7-11-16(15)19/h2,6-7,10-11,13H,1,3-5,8-9,12H2. The van der Waals surface area contributed by atoms with Crippen molar-refractivity contribution < 1.29 is 0 Å². The van der Waals surface area contributed by atoms with E-state index in [-0.39, 0.29) is 0 Å². The summed E-state index contributed by atoms with van der Waals surface area (Å²) in [4.78, 5) is 5.53. The highest BCUT2D eigenvalue weighted by Gasteiger charge is 2.13. The Morgan fingerprint density at radius 3 is 2.74 bits per heavy atom. The van der Waals surface area contributed by atoms with Crippen molar-refractivity contribution in [1.82, 2.24) is 4.68 Å². The molecule has 1 fully saturated rings. The van der Waals surface area contributed by atoms with E-state index < -0.39 is 0 Å². The number of aromatic nitrogens is 1. The van der Waals surface area contributed by atoms with Crippen molar-refractivity contribution in [3.8, 4) is 11.3 Å². The van der Waals surface area contributed by atoms with E-state index in [1.165, 1.54) is 25.0 Å². The maximum atomic E-state index is 4.94. The molecule has 23 heavy (non-hydrogen) atoms. The molecular weight excluding hydrogens is 370 g/mol. The lowest BCUT2D eigenvalue weighted by Crippen LogP contribution is -2.16. The molecule has 0 N–H and O–H groups in total. The fourth-order valence-electron chi connectivity index (χ4n) is 2.70. The molecule has 1 aliphatic carbocycles. The minimum absolute atomic E-state index is 0.612. The van der Waals surface area contributed by atoms with Crippen molar-refractivity contribution in [3.05, 3.63) is 51.6 Å². The van der Waals surface area contributed by atoms with Gasteiger partial charge in [-0.2, -0.15) is 5.10 Å². The lowest BCUT2D eigenvalue weighted by atomic mass is 9.99. The normalized spacial score (nSPS) is 15.7. The van der Waals surface area contributed by atoms with Crippen LogP contribution in [0.5, 0.6) is 0 Å². The van der Waals surface area contributed by atoms with E-state index >= 15 is 0 Å². The SMILES string of the molecule is C=CCN=c1scc(-c2ccccc2Br)n1N=C1CCCCC1. The number of hydrogen-bond acceptors (Lipinski definition) is 3. The lowest BCUT2D eigenvalue weighted by molar-refractivity contribution is 0.655. The molecule has 1 saturated carbocycles. The van der Waals surface area contributed by atoms with Gasteiger partial charge in [0.05, 0.1) is 12.2 Å². The van der Waals surface area contributed by atoms with E-state index in [2.05, 4.69) is 51.1 Å². The van der Waals surface area contributed by atoms with Crippen LogP contribution in [0.3, 0.4) is 0 Å². The maximum Gasteiger partial charge on any atom is 0.206 e. The molecule has 0 spiro atoms. The predicted molar refractivity (Wildman–Crippen MR) is 102 cm³/mol. The minimum Gasteiger partial charge on any atom is -0.253 e. The maximum absolute atomic E-state index is 4.94. The molecule has 0 aliphatic heterocycles. The van der Waals surface area contributed by atoms with E-state index in [1.807, 2.05) is 16.8 Å². The second-order valence-corrected chi connectivity index (χ2v) is 7.24. The Morgan fingerprint density at radius 1 is 1.22 bits per heavy atom. The second kappa shape index (κ2) is 7.88.